The molecular weight excluding hydrogens is 230 g/mol. The van der Waals surface area contributed by atoms with Crippen LogP contribution in [0.25, 0.3) is 0 Å². The molecule has 3 unspecified atom stereocenters. The van der Waals surface area contributed by atoms with E-state index in [1.807, 2.05) is 6.92 Å². The third-order valence-electron chi connectivity index (χ3n) is 3.11. The topological polar surface area (TPSA) is 74.2 Å². The molecule has 0 aliphatic carbocycles. The number of nitrogens with zero attached hydrogens (tertiary/aromatic N) is 2. The Labute approximate surface area is 109 Å². The zero-order valence-corrected chi connectivity index (χ0v) is 12.2. The normalized spacial score (nSPS) is 17.5. The molecule has 0 aliphatic rings. The molecule has 1 aromatic rings. The largest absolute Gasteiger partial charge is 0.373 e. The predicted molar refractivity (Wildman–Crippen MR) is 70.2 cm³/mol. The van der Waals surface area contributed by atoms with E-state index < -0.39 is 0 Å². The van der Waals surface area contributed by atoms with E-state index in [2.05, 4.69) is 37.8 Å². The predicted octanol–water partition coefficient (Wildman–Crippen LogP) is 2.64. The molecule has 0 radical (unpaired) electrons. The van der Waals surface area contributed by atoms with Crippen molar-refractivity contribution in [2.45, 2.75) is 59.1 Å². The average molecular weight is 255 g/mol. The van der Waals surface area contributed by atoms with Gasteiger partial charge in [0.25, 0.3) is 0 Å². The molecule has 2 N–H and O–H groups in total. The van der Waals surface area contributed by atoms with E-state index in [4.69, 9.17) is 15.0 Å². The summed E-state index contributed by atoms with van der Waals surface area (Å²) >= 11 is 0. The summed E-state index contributed by atoms with van der Waals surface area (Å²) in [6.07, 6.45) is 0.701. The van der Waals surface area contributed by atoms with Crippen LogP contribution in [0.3, 0.4) is 0 Å². The molecule has 0 amide bonds. The quantitative estimate of drug-likeness (QED) is 0.875. The second kappa shape index (κ2) is 5.80. The van der Waals surface area contributed by atoms with Crippen molar-refractivity contribution in [3.8, 4) is 0 Å². The number of nitrogens with two attached hydrogens (primary N) is 1. The van der Waals surface area contributed by atoms with Crippen molar-refractivity contribution in [1.82, 2.24) is 10.1 Å². The fourth-order valence-corrected chi connectivity index (χ4v) is 2.12. The van der Waals surface area contributed by atoms with Crippen molar-refractivity contribution < 1.29 is 9.26 Å². The Bertz CT molecular complexity index is 369. The Hall–Kier alpha value is -0.940. The molecule has 104 valence electrons. The third-order valence-corrected chi connectivity index (χ3v) is 3.11. The van der Waals surface area contributed by atoms with Gasteiger partial charge in [-0.3, -0.25) is 0 Å². The molecule has 0 fully saturated rings. The van der Waals surface area contributed by atoms with Crippen molar-refractivity contribution in [2.75, 3.05) is 7.11 Å². The highest BCUT2D eigenvalue weighted by Crippen LogP contribution is 2.34. The van der Waals surface area contributed by atoms with Crippen molar-refractivity contribution in [1.29, 1.82) is 0 Å². The van der Waals surface area contributed by atoms with Gasteiger partial charge in [0, 0.05) is 13.2 Å². The maximum absolute atomic E-state index is 5.92. The van der Waals surface area contributed by atoms with Crippen LogP contribution >= 0.6 is 0 Å². The maximum Gasteiger partial charge on any atom is 0.231 e. The molecule has 0 saturated carbocycles. The van der Waals surface area contributed by atoms with Crippen LogP contribution in [-0.4, -0.2) is 23.3 Å². The Morgan fingerprint density at radius 1 is 1.39 bits per heavy atom. The van der Waals surface area contributed by atoms with Gasteiger partial charge < -0.3 is 15.0 Å². The van der Waals surface area contributed by atoms with Gasteiger partial charge in [-0.05, 0) is 18.8 Å². The van der Waals surface area contributed by atoms with Crippen LogP contribution in [0.5, 0.6) is 0 Å². The van der Waals surface area contributed by atoms with Gasteiger partial charge in [-0.2, -0.15) is 4.98 Å². The second-order valence-corrected chi connectivity index (χ2v) is 5.85. The van der Waals surface area contributed by atoms with Crippen molar-refractivity contribution in [2.24, 2.45) is 11.1 Å². The van der Waals surface area contributed by atoms with Gasteiger partial charge in [0.15, 0.2) is 0 Å². The first kappa shape index (κ1) is 15.1. The maximum atomic E-state index is 5.92. The zero-order chi connectivity index (χ0) is 13.9. The van der Waals surface area contributed by atoms with Crippen LogP contribution in [0.15, 0.2) is 4.52 Å². The summed E-state index contributed by atoms with van der Waals surface area (Å²) in [6.45, 7) is 10.3. The van der Waals surface area contributed by atoms with E-state index in [9.17, 15) is 0 Å². The van der Waals surface area contributed by atoms with Gasteiger partial charge in [-0.1, -0.05) is 32.9 Å². The molecule has 0 bridgehead atoms. The van der Waals surface area contributed by atoms with E-state index in [0.717, 1.165) is 6.42 Å². The molecule has 1 rings (SSSR count). The van der Waals surface area contributed by atoms with E-state index in [1.54, 1.807) is 7.11 Å². The van der Waals surface area contributed by atoms with E-state index in [1.165, 1.54) is 0 Å². The zero-order valence-electron chi connectivity index (χ0n) is 12.2. The summed E-state index contributed by atoms with van der Waals surface area (Å²) in [6, 6.07) is -0.000989. The first-order valence-corrected chi connectivity index (χ1v) is 6.43. The summed E-state index contributed by atoms with van der Waals surface area (Å²) in [5.41, 5.74) is 5.85. The fourth-order valence-electron chi connectivity index (χ4n) is 2.12. The molecule has 18 heavy (non-hydrogen) atoms. The third kappa shape index (κ3) is 3.29. The molecule has 0 spiro atoms. The van der Waals surface area contributed by atoms with Gasteiger partial charge in [-0.15, -0.1) is 0 Å². The second-order valence-electron chi connectivity index (χ2n) is 5.85. The molecule has 1 aromatic heterocycles. The van der Waals surface area contributed by atoms with Gasteiger partial charge in [-0.25, -0.2) is 0 Å². The lowest BCUT2D eigenvalue weighted by Crippen LogP contribution is -2.25. The van der Waals surface area contributed by atoms with Crippen LogP contribution in [0, 0.1) is 5.41 Å². The molecule has 0 aliphatic heterocycles. The Morgan fingerprint density at radius 2 is 2.00 bits per heavy atom. The number of hydrogen-bond acceptors (Lipinski definition) is 5. The smallest absolute Gasteiger partial charge is 0.231 e. The van der Waals surface area contributed by atoms with E-state index in [-0.39, 0.29) is 23.5 Å². The summed E-state index contributed by atoms with van der Waals surface area (Å²) in [5.74, 6) is 1.30. The van der Waals surface area contributed by atoms with Crippen LogP contribution in [0.4, 0.5) is 0 Å². The number of hydrogen-bond donors (Lipinski definition) is 1. The SMILES string of the molecule is CCC(c1nc(C(OC)C(C)(C)C)no1)C(C)N. The lowest BCUT2D eigenvalue weighted by molar-refractivity contribution is 0.00718. The standard InChI is InChI=1S/C13H25N3O2/c1-7-9(8(2)14)12-15-11(16-18-12)10(17-6)13(3,4)5/h8-10H,7,14H2,1-6H3. The Balaban J connectivity index is 2.98. The summed E-state index contributed by atoms with van der Waals surface area (Å²) < 4.78 is 10.8. The lowest BCUT2D eigenvalue weighted by Gasteiger charge is -2.26. The number of methoxy groups -OCH3 is 1. The molecule has 0 saturated heterocycles. The summed E-state index contributed by atoms with van der Waals surface area (Å²) in [5, 5.41) is 4.04. The number of aromatic nitrogens is 2. The van der Waals surface area contributed by atoms with E-state index >= 15 is 0 Å². The van der Waals surface area contributed by atoms with E-state index in [0.29, 0.717) is 11.7 Å². The first-order valence-electron chi connectivity index (χ1n) is 6.43. The minimum atomic E-state index is -0.180. The molecule has 5 nitrogen and oxygen atoms in total. The molecular formula is C13H25N3O2. The van der Waals surface area contributed by atoms with Gasteiger partial charge in [0.1, 0.15) is 6.10 Å². The molecule has 5 heteroatoms. The van der Waals surface area contributed by atoms with Crippen LogP contribution in [0.1, 0.15) is 64.8 Å². The molecule has 3 atom stereocenters. The monoisotopic (exact) mass is 255 g/mol. The van der Waals surface area contributed by atoms with Gasteiger partial charge >= 0.3 is 0 Å². The van der Waals surface area contributed by atoms with Crippen molar-refractivity contribution in [3.05, 3.63) is 11.7 Å². The van der Waals surface area contributed by atoms with Gasteiger partial charge in [0.05, 0.1) is 5.92 Å². The van der Waals surface area contributed by atoms with Gasteiger partial charge in [0.2, 0.25) is 11.7 Å². The minimum Gasteiger partial charge on any atom is -0.373 e. The minimum absolute atomic E-state index is 0.000989. The highest BCUT2D eigenvalue weighted by molar-refractivity contribution is 5.01. The van der Waals surface area contributed by atoms with Crippen LogP contribution in [-0.2, 0) is 4.74 Å². The van der Waals surface area contributed by atoms with Crippen molar-refractivity contribution >= 4 is 0 Å². The number of ether oxygens (including phenoxy) is 1. The fraction of sp³-hybridized carbons (Fsp3) is 0.846. The highest BCUT2D eigenvalue weighted by atomic mass is 16.5. The van der Waals surface area contributed by atoms with Crippen molar-refractivity contribution in [3.63, 3.8) is 0 Å². The van der Waals surface area contributed by atoms with Crippen LogP contribution in [0.2, 0.25) is 0 Å². The molecule has 0 aromatic carbocycles. The first-order chi connectivity index (χ1) is 8.31. The highest BCUT2D eigenvalue weighted by Gasteiger charge is 2.32. The molecule has 1 heterocycles. The average Bonchev–Trinajstić information content (AvgIpc) is 2.66. The van der Waals surface area contributed by atoms with Crippen LogP contribution < -0.4 is 5.73 Å². The lowest BCUT2D eigenvalue weighted by atomic mass is 9.88. The Kier molecular flexibility index (Phi) is 4.87. The summed E-state index contributed by atoms with van der Waals surface area (Å²) in [4.78, 5) is 4.46. The number of rotatable bonds is 5. The Morgan fingerprint density at radius 3 is 2.39 bits per heavy atom. The summed E-state index contributed by atoms with van der Waals surface area (Å²) in [7, 11) is 1.66.